The molecule has 1 N–H and O–H groups in total. The highest BCUT2D eigenvalue weighted by Gasteiger charge is 2.01. The summed E-state index contributed by atoms with van der Waals surface area (Å²) in [6.45, 7) is 6.83. The molecular weight excluding hydrogens is 178 g/mol. The van der Waals surface area contributed by atoms with Gasteiger partial charge in [0.05, 0.1) is 0 Å². The van der Waals surface area contributed by atoms with E-state index in [1.54, 1.807) is 0 Å². The molecule has 0 radical (unpaired) electrons. The van der Waals surface area contributed by atoms with Crippen molar-refractivity contribution in [2.24, 2.45) is 5.92 Å². The molecule has 0 amide bonds. The summed E-state index contributed by atoms with van der Waals surface area (Å²) >= 11 is 2.10. The zero-order valence-electron chi connectivity index (χ0n) is 9.60. The molecule has 0 fully saturated rings. The van der Waals surface area contributed by atoms with E-state index in [0.717, 1.165) is 12.0 Å². The third-order valence-electron chi connectivity index (χ3n) is 2.19. The average molecular weight is 203 g/mol. The van der Waals surface area contributed by atoms with E-state index in [1.165, 1.54) is 30.8 Å². The fourth-order valence-corrected chi connectivity index (χ4v) is 2.31. The molecular formula is C11H25NS. The molecule has 0 bridgehead atoms. The van der Waals surface area contributed by atoms with Gasteiger partial charge < -0.3 is 5.32 Å². The minimum Gasteiger partial charge on any atom is -0.317 e. The van der Waals surface area contributed by atoms with Crippen LogP contribution in [0.4, 0.5) is 0 Å². The molecule has 0 heterocycles. The summed E-state index contributed by atoms with van der Waals surface area (Å²) in [5, 5.41) is 3.34. The number of thioether (sulfide) groups is 1. The van der Waals surface area contributed by atoms with E-state index in [1.807, 2.05) is 0 Å². The molecule has 0 rings (SSSR count). The van der Waals surface area contributed by atoms with Crippen LogP contribution in [0.1, 0.15) is 40.0 Å². The summed E-state index contributed by atoms with van der Waals surface area (Å²) in [5.41, 5.74) is 0. The fraction of sp³-hybridized carbons (Fsp3) is 1.00. The van der Waals surface area contributed by atoms with Crippen molar-refractivity contribution in [1.82, 2.24) is 5.32 Å². The second-order valence-electron chi connectivity index (χ2n) is 4.00. The van der Waals surface area contributed by atoms with Crippen molar-refractivity contribution in [2.45, 2.75) is 46.1 Å². The van der Waals surface area contributed by atoms with E-state index >= 15 is 0 Å². The highest BCUT2D eigenvalue weighted by atomic mass is 32.2. The Balaban J connectivity index is 3.14. The summed E-state index contributed by atoms with van der Waals surface area (Å²) in [4.78, 5) is 0. The molecule has 0 aromatic carbocycles. The van der Waals surface area contributed by atoms with Gasteiger partial charge in [0.2, 0.25) is 0 Å². The lowest BCUT2D eigenvalue weighted by atomic mass is 10.1. The van der Waals surface area contributed by atoms with Gasteiger partial charge in [-0.3, -0.25) is 0 Å². The molecule has 80 valence electrons. The van der Waals surface area contributed by atoms with Crippen LogP contribution in [0, 0.1) is 5.92 Å². The molecule has 1 atom stereocenters. The zero-order valence-corrected chi connectivity index (χ0v) is 10.4. The average Bonchev–Trinajstić information content (AvgIpc) is 2.11. The Hall–Kier alpha value is 0.310. The van der Waals surface area contributed by atoms with Gasteiger partial charge in [0.15, 0.2) is 0 Å². The van der Waals surface area contributed by atoms with Gasteiger partial charge in [0.25, 0.3) is 0 Å². The van der Waals surface area contributed by atoms with E-state index < -0.39 is 0 Å². The van der Waals surface area contributed by atoms with Crippen LogP contribution in [0.15, 0.2) is 0 Å². The normalized spacial score (nSPS) is 13.6. The number of hydrogen-bond acceptors (Lipinski definition) is 2. The van der Waals surface area contributed by atoms with Crippen molar-refractivity contribution in [1.29, 1.82) is 0 Å². The van der Waals surface area contributed by atoms with Crippen molar-refractivity contribution < 1.29 is 0 Å². The van der Waals surface area contributed by atoms with Crippen molar-refractivity contribution in [2.75, 3.05) is 18.6 Å². The Bertz CT molecular complexity index is 100. The van der Waals surface area contributed by atoms with E-state index in [0.29, 0.717) is 0 Å². The van der Waals surface area contributed by atoms with Crippen LogP contribution in [0.3, 0.4) is 0 Å². The van der Waals surface area contributed by atoms with Crippen molar-refractivity contribution >= 4 is 11.8 Å². The van der Waals surface area contributed by atoms with Crippen molar-refractivity contribution in [3.05, 3.63) is 0 Å². The molecule has 0 aliphatic carbocycles. The predicted molar refractivity (Wildman–Crippen MR) is 64.5 cm³/mol. The first kappa shape index (κ1) is 13.3. The van der Waals surface area contributed by atoms with Crippen LogP contribution >= 0.6 is 11.8 Å². The van der Waals surface area contributed by atoms with Gasteiger partial charge >= 0.3 is 0 Å². The third-order valence-corrected chi connectivity index (χ3v) is 3.67. The lowest BCUT2D eigenvalue weighted by molar-refractivity contribution is 0.504. The highest BCUT2D eigenvalue weighted by molar-refractivity contribution is 7.99. The Morgan fingerprint density at radius 2 is 2.00 bits per heavy atom. The van der Waals surface area contributed by atoms with Gasteiger partial charge in [-0.1, -0.05) is 20.8 Å². The van der Waals surface area contributed by atoms with Gasteiger partial charge in [-0.15, -0.1) is 0 Å². The van der Waals surface area contributed by atoms with E-state index in [4.69, 9.17) is 0 Å². The van der Waals surface area contributed by atoms with Gasteiger partial charge in [0.1, 0.15) is 0 Å². The first-order valence-corrected chi connectivity index (χ1v) is 6.61. The Labute approximate surface area is 88.1 Å². The largest absolute Gasteiger partial charge is 0.317 e. The lowest BCUT2D eigenvalue weighted by Crippen LogP contribution is -2.24. The molecule has 1 nitrogen and oxygen atoms in total. The van der Waals surface area contributed by atoms with E-state index in [-0.39, 0.29) is 0 Å². The molecule has 0 spiro atoms. The lowest BCUT2D eigenvalue weighted by Gasteiger charge is -2.13. The monoisotopic (exact) mass is 203 g/mol. The Kier molecular flexibility index (Phi) is 9.10. The summed E-state index contributed by atoms with van der Waals surface area (Å²) in [6.07, 6.45) is 3.94. The van der Waals surface area contributed by atoms with Gasteiger partial charge in [-0.05, 0) is 43.7 Å². The van der Waals surface area contributed by atoms with Crippen LogP contribution in [0.5, 0.6) is 0 Å². The van der Waals surface area contributed by atoms with Crippen LogP contribution in [-0.2, 0) is 0 Å². The summed E-state index contributed by atoms with van der Waals surface area (Å²) < 4.78 is 0. The minimum atomic E-state index is 0.736. The fourth-order valence-electron chi connectivity index (χ4n) is 1.30. The second kappa shape index (κ2) is 8.89. The molecule has 0 saturated carbocycles. The van der Waals surface area contributed by atoms with E-state index in [9.17, 15) is 0 Å². The maximum atomic E-state index is 3.34. The SMILES string of the molecule is CCC(CCCSCC(C)C)NC. The predicted octanol–water partition coefficient (Wildman–Crippen LogP) is 3.15. The van der Waals surface area contributed by atoms with Crippen LogP contribution < -0.4 is 5.32 Å². The third kappa shape index (κ3) is 8.63. The highest BCUT2D eigenvalue weighted by Crippen LogP contribution is 2.11. The number of rotatable bonds is 8. The molecule has 13 heavy (non-hydrogen) atoms. The quantitative estimate of drug-likeness (QED) is 0.608. The smallest absolute Gasteiger partial charge is 0.00617 e. The molecule has 0 saturated heterocycles. The summed E-state index contributed by atoms with van der Waals surface area (Å²) in [7, 11) is 2.06. The Morgan fingerprint density at radius 3 is 2.46 bits per heavy atom. The topological polar surface area (TPSA) is 12.0 Å². The molecule has 2 heteroatoms. The van der Waals surface area contributed by atoms with Crippen LogP contribution in [0.25, 0.3) is 0 Å². The minimum absolute atomic E-state index is 0.736. The van der Waals surface area contributed by atoms with Gasteiger partial charge in [-0.25, -0.2) is 0 Å². The molecule has 0 aliphatic heterocycles. The van der Waals surface area contributed by atoms with E-state index in [2.05, 4.69) is 44.9 Å². The van der Waals surface area contributed by atoms with Gasteiger partial charge in [0, 0.05) is 6.04 Å². The van der Waals surface area contributed by atoms with Crippen molar-refractivity contribution in [3.8, 4) is 0 Å². The molecule has 0 aromatic rings. The zero-order chi connectivity index (χ0) is 10.1. The van der Waals surface area contributed by atoms with Crippen LogP contribution in [0.2, 0.25) is 0 Å². The van der Waals surface area contributed by atoms with Crippen molar-refractivity contribution in [3.63, 3.8) is 0 Å². The Morgan fingerprint density at radius 1 is 1.31 bits per heavy atom. The maximum Gasteiger partial charge on any atom is 0.00617 e. The van der Waals surface area contributed by atoms with Gasteiger partial charge in [-0.2, -0.15) is 11.8 Å². The molecule has 0 aromatic heterocycles. The number of hydrogen-bond donors (Lipinski definition) is 1. The summed E-state index contributed by atoms with van der Waals surface area (Å²) in [6, 6.07) is 0.736. The standard InChI is InChI=1S/C11H25NS/c1-5-11(12-4)7-6-8-13-9-10(2)3/h10-12H,5-9H2,1-4H3. The first-order chi connectivity index (χ1) is 6.20. The maximum absolute atomic E-state index is 3.34. The summed E-state index contributed by atoms with van der Waals surface area (Å²) in [5.74, 6) is 3.49. The van der Waals surface area contributed by atoms with Crippen LogP contribution in [-0.4, -0.2) is 24.6 Å². The second-order valence-corrected chi connectivity index (χ2v) is 5.15. The molecule has 1 unspecified atom stereocenters. The number of nitrogens with one attached hydrogen (secondary N) is 1. The molecule has 0 aliphatic rings. The first-order valence-electron chi connectivity index (χ1n) is 5.45.